The zero-order valence-corrected chi connectivity index (χ0v) is 17.4. The quantitative estimate of drug-likeness (QED) is 0.441. The maximum Gasteiger partial charge on any atom is 0.307 e. The van der Waals surface area contributed by atoms with Gasteiger partial charge in [0.2, 0.25) is 5.91 Å². The number of thioether (sulfide) groups is 1. The molecule has 0 N–H and O–H groups in total. The van der Waals surface area contributed by atoms with Crippen LogP contribution in [-0.4, -0.2) is 47.2 Å². The van der Waals surface area contributed by atoms with Crippen LogP contribution in [-0.2, 0) is 14.3 Å². The predicted octanol–water partition coefficient (Wildman–Crippen LogP) is 3.01. The first-order chi connectivity index (χ1) is 12.7. The molecule has 0 spiro atoms. The van der Waals surface area contributed by atoms with E-state index in [4.69, 9.17) is 10.00 Å². The van der Waals surface area contributed by atoms with E-state index in [1.165, 1.54) is 17.0 Å². The molecule has 0 aromatic heterocycles. The molecule has 0 aliphatic carbocycles. The number of carbonyl (C=O) groups is 2. The van der Waals surface area contributed by atoms with Gasteiger partial charge in [-0.05, 0) is 39.2 Å². The van der Waals surface area contributed by atoms with Crippen molar-refractivity contribution in [1.82, 2.24) is 4.90 Å². The van der Waals surface area contributed by atoms with Crippen molar-refractivity contribution in [3.63, 3.8) is 0 Å². The van der Waals surface area contributed by atoms with E-state index in [2.05, 4.69) is 12.6 Å². The lowest BCUT2D eigenvalue weighted by molar-refractivity contribution is -0.144. The summed E-state index contributed by atoms with van der Waals surface area (Å²) in [6.07, 6.45) is 1.77. The van der Waals surface area contributed by atoms with Gasteiger partial charge in [-0.15, -0.1) is 24.4 Å². The fourth-order valence-electron chi connectivity index (χ4n) is 3.04. The van der Waals surface area contributed by atoms with Gasteiger partial charge in [0.15, 0.2) is 5.82 Å². The lowest BCUT2D eigenvalue weighted by Gasteiger charge is -2.30. The number of esters is 1. The Balaban J connectivity index is 2.38. The van der Waals surface area contributed by atoms with Gasteiger partial charge in [-0.3, -0.25) is 19.4 Å². The van der Waals surface area contributed by atoms with E-state index in [0.29, 0.717) is 0 Å². The Morgan fingerprint density at radius 2 is 2.15 bits per heavy atom. The minimum atomic E-state index is -0.973. The summed E-state index contributed by atoms with van der Waals surface area (Å²) in [6, 6.07) is 4.86. The first kappa shape index (κ1) is 21.5. The van der Waals surface area contributed by atoms with Crippen LogP contribution in [0.1, 0.15) is 32.8 Å². The third kappa shape index (κ3) is 3.93. The summed E-state index contributed by atoms with van der Waals surface area (Å²) in [5, 5.41) is 9.15. The van der Waals surface area contributed by atoms with E-state index in [9.17, 15) is 9.59 Å². The number of amides is 1. The van der Waals surface area contributed by atoms with Gasteiger partial charge in [-0.2, -0.15) is 5.26 Å². The molecule has 1 atom stereocenters. The summed E-state index contributed by atoms with van der Waals surface area (Å²) in [6.45, 7) is 5.67. The Morgan fingerprint density at radius 1 is 1.48 bits per heavy atom. The van der Waals surface area contributed by atoms with Crippen molar-refractivity contribution in [3.8, 4) is 6.07 Å². The van der Waals surface area contributed by atoms with Crippen LogP contribution in [0.3, 0.4) is 0 Å². The van der Waals surface area contributed by atoms with Gasteiger partial charge < -0.3 is 4.74 Å². The molecule has 1 amide bonds. The first-order valence-electron chi connectivity index (χ1n) is 8.41. The fourth-order valence-corrected chi connectivity index (χ4v) is 4.29. The average Bonchev–Trinajstić information content (AvgIpc) is 2.78. The van der Waals surface area contributed by atoms with E-state index in [0.717, 1.165) is 11.8 Å². The molecule has 2 rings (SSSR count). The average molecular weight is 412 g/mol. The molecule has 1 unspecified atom stereocenters. The number of nitrogens with zero attached hydrogens (tertiary/aromatic N) is 3. The van der Waals surface area contributed by atoms with Crippen molar-refractivity contribution in [3.05, 3.63) is 23.5 Å². The van der Waals surface area contributed by atoms with Gasteiger partial charge >= 0.3 is 5.97 Å². The third-order valence-corrected chi connectivity index (χ3v) is 5.81. The van der Waals surface area contributed by atoms with Gasteiger partial charge in [0.25, 0.3) is 0 Å². The topological polar surface area (TPSA) is 73.6 Å². The van der Waals surface area contributed by atoms with Crippen molar-refractivity contribution in [2.45, 2.75) is 43.1 Å². The number of carbonyl (C=O) groups excluding carboxylic acids is 2. The van der Waals surface area contributed by atoms with Crippen molar-refractivity contribution in [2.24, 2.45) is 0 Å². The van der Waals surface area contributed by atoms with Crippen molar-refractivity contribution < 1.29 is 18.7 Å². The second-order valence-corrected chi connectivity index (χ2v) is 7.70. The molecule has 1 saturated heterocycles. The van der Waals surface area contributed by atoms with Crippen LogP contribution >= 0.6 is 24.4 Å². The molecule has 146 valence electrons. The molecule has 1 aromatic rings. The van der Waals surface area contributed by atoms with Gasteiger partial charge in [-0.25, -0.2) is 4.39 Å². The molecule has 1 aromatic carbocycles. The molecule has 1 aliphatic rings. The Kier molecular flexibility index (Phi) is 6.78. The fraction of sp³-hybridized carbons (Fsp3) is 0.500. The summed E-state index contributed by atoms with van der Waals surface area (Å²) in [4.78, 5) is 27.9. The lowest BCUT2D eigenvalue weighted by Crippen LogP contribution is -2.45. The number of thiol groups is 1. The molecule has 27 heavy (non-hydrogen) atoms. The summed E-state index contributed by atoms with van der Waals surface area (Å²) in [5.41, 5.74) is -1.45. The van der Waals surface area contributed by atoms with Gasteiger partial charge in [0.05, 0.1) is 34.7 Å². The van der Waals surface area contributed by atoms with Crippen molar-refractivity contribution in [2.75, 3.05) is 24.3 Å². The van der Waals surface area contributed by atoms with Crippen LogP contribution in [0.25, 0.3) is 0 Å². The highest BCUT2D eigenvalue weighted by atomic mass is 32.2. The number of nitriles is 1. The normalized spacial score (nSPS) is 19.2. The molecule has 6 nitrogen and oxygen atoms in total. The van der Waals surface area contributed by atoms with Crippen molar-refractivity contribution in [1.29, 1.82) is 5.26 Å². The second kappa shape index (κ2) is 8.50. The molecule has 0 bridgehead atoms. The Hall–Kier alpha value is -1.76. The molecule has 1 heterocycles. The number of hydrogen-bond acceptors (Lipinski definition) is 7. The Labute approximate surface area is 168 Å². The molecular formula is C18H22FN3O3S2. The highest BCUT2D eigenvalue weighted by molar-refractivity contribution is 7.98. The molecule has 1 aliphatic heterocycles. The number of hydrogen-bond donors (Lipinski definition) is 1. The monoisotopic (exact) mass is 411 g/mol. The van der Waals surface area contributed by atoms with Crippen LogP contribution in [0.4, 0.5) is 10.1 Å². The molecule has 1 fully saturated rings. The standard InChI is InChI=1S/C18H22FN3O3S2/c1-5-25-13(23)8-9-21-17(26)22(16(24)18(21,2)3)12-7-6-11(10-20)15(27-4)14(12)19/h6-7,17,26H,5,8-9H2,1-4H3. The number of benzene rings is 1. The summed E-state index contributed by atoms with van der Waals surface area (Å²) in [5.74, 6) is -1.33. The van der Waals surface area contributed by atoms with E-state index in [1.54, 1.807) is 31.9 Å². The minimum absolute atomic E-state index is 0.0649. The maximum atomic E-state index is 15.0. The Morgan fingerprint density at radius 3 is 2.70 bits per heavy atom. The van der Waals surface area contributed by atoms with E-state index >= 15 is 4.39 Å². The van der Waals surface area contributed by atoms with Gasteiger partial charge in [-0.1, -0.05) is 0 Å². The van der Waals surface area contributed by atoms with Crippen LogP contribution in [0.2, 0.25) is 0 Å². The molecule has 0 saturated carbocycles. The smallest absolute Gasteiger partial charge is 0.307 e. The summed E-state index contributed by atoms with van der Waals surface area (Å²) in [7, 11) is 0. The number of rotatable bonds is 6. The van der Waals surface area contributed by atoms with Crippen molar-refractivity contribution >= 4 is 42.0 Å². The summed E-state index contributed by atoms with van der Waals surface area (Å²) >= 11 is 5.63. The van der Waals surface area contributed by atoms with E-state index in [1.807, 2.05) is 6.07 Å². The molecule has 9 heteroatoms. The second-order valence-electron chi connectivity index (χ2n) is 6.42. The molecule has 0 radical (unpaired) electrons. The number of halogens is 1. The van der Waals surface area contributed by atoms with E-state index in [-0.39, 0.29) is 47.6 Å². The van der Waals surface area contributed by atoms with Crippen LogP contribution < -0.4 is 4.90 Å². The number of ether oxygens (including phenoxy) is 1. The maximum absolute atomic E-state index is 15.0. The van der Waals surface area contributed by atoms with Gasteiger partial charge in [0, 0.05) is 6.54 Å². The zero-order valence-electron chi connectivity index (χ0n) is 15.7. The van der Waals surface area contributed by atoms with Crippen LogP contribution in [0, 0.1) is 17.1 Å². The first-order valence-corrected chi connectivity index (χ1v) is 10.2. The SMILES string of the molecule is CCOC(=O)CCN1C(S)N(c2ccc(C#N)c(SC)c2F)C(=O)C1(C)C. The highest BCUT2D eigenvalue weighted by Crippen LogP contribution is 2.40. The number of anilines is 1. The molecular weight excluding hydrogens is 389 g/mol. The zero-order chi connectivity index (χ0) is 20.4. The highest BCUT2D eigenvalue weighted by Gasteiger charge is 2.51. The predicted molar refractivity (Wildman–Crippen MR) is 105 cm³/mol. The van der Waals surface area contributed by atoms with Gasteiger partial charge in [0.1, 0.15) is 11.6 Å². The van der Waals surface area contributed by atoms with Crippen LogP contribution in [0.5, 0.6) is 0 Å². The van der Waals surface area contributed by atoms with Crippen LogP contribution in [0.15, 0.2) is 17.0 Å². The largest absolute Gasteiger partial charge is 0.466 e. The minimum Gasteiger partial charge on any atom is -0.466 e. The lowest BCUT2D eigenvalue weighted by atomic mass is 10.0. The van der Waals surface area contributed by atoms with E-state index < -0.39 is 16.9 Å². The Bertz CT molecular complexity index is 795. The summed E-state index contributed by atoms with van der Waals surface area (Å²) < 4.78 is 20.0. The third-order valence-electron chi connectivity index (χ3n) is 4.49.